The van der Waals surface area contributed by atoms with Gasteiger partial charge in [-0.3, -0.25) is 4.79 Å². The lowest BCUT2D eigenvalue weighted by atomic mass is 9.92. The summed E-state index contributed by atoms with van der Waals surface area (Å²) in [5.41, 5.74) is 0.125. The molecular formula is C16H21F3N2O. The van der Waals surface area contributed by atoms with Crippen LogP contribution >= 0.6 is 0 Å². The number of halogens is 3. The van der Waals surface area contributed by atoms with Crippen LogP contribution in [0.1, 0.15) is 31.2 Å². The Morgan fingerprint density at radius 1 is 1.36 bits per heavy atom. The van der Waals surface area contributed by atoms with E-state index in [1.54, 1.807) is 18.2 Å². The Hall–Kier alpha value is -1.56. The number of amides is 1. The number of piperidine rings is 1. The van der Waals surface area contributed by atoms with Crippen LogP contribution in [-0.2, 0) is 4.79 Å². The van der Waals surface area contributed by atoms with Crippen molar-refractivity contribution < 1.29 is 18.0 Å². The topological polar surface area (TPSA) is 41.1 Å². The molecular weight excluding hydrogens is 293 g/mol. The zero-order valence-corrected chi connectivity index (χ0v) is 12.5. The smallest absolute Gasteiger partial charge is 0.352 e. The predicted octanol–water partition coefficient (Wildman–Crippen LogP) is 2.84. The first kappa shape index (κ1) is 16.8. The molecule has 0 aliphatic carbocycles. The second-order valence-corrected chi connectivity index (χ2v) is 5.85. The number of rotatable bonds is 4. The minimum absolute atomic E-state index is 0.106. The van der Waals surface area contributed by atoms with E-state index in [9.17, 15) is 18.0 Å². The number of carbonyl (C=O) groups is 1. The van der Waals surface area contributed by atoms with E-state index in [4.69, 9.17) is 0 Å². The van der Waals surface area contributed by atoms with Crippen LogP contribution in [0.15, 0.2) is 30.3 Å². The number of hydrogen-bond donors (Lipinski definition) is 2. The largest absolute Gasteiger partial charge is 0.396 e. The van der Waals surface area contributed by atoms with E-state index in [0.717, 1.165) is 13.0 Å². The fourth-order valence-electron chi connectivity index (χ4n) is 2.74. The normalized spacial score (nSPS) is 23.8. The quantitative estimate of drug-likeness (QED) is 0.897. The van der Waals surface area contributed by atoms with E-state index in [1.807, 2.05) is 6.92 Å². The number of benzene rings is 1. The van der Waals surface area contributed by atoms with Gasteiger partial charge in [-0.05, 0) is 24.4 Å². The molecule has 1 aromatic rings. The summed E-state index contributed by atoms with van der Waals surface area (Å²) >= 11 is 0. The highest BCUT2D eigenvalue weighted by Gasteiger charge is 2.42. The molecule has 3 atom stereocenters. The van der Waals surface area contributed by atoms with Crippen LogP contribution in [0.4, 0.5) is 13.2 Å². The molecule has 0 aromatic heterocycles. The maximum Gasteiger partial charge on any atom is 0.396 e. The molecule has 3 unspecified atom stereocenters. The summed E-state index contributed by atoms with van der Waals surface area (Å²) in [6.45, 7) is 3.49. The first-order valence-electron chi connectivity index (χ1n) is 7.49. The summed E-state index contributed by atoms with van der Waals surface area (Å²) in [6, 6.07) is 7.49. The van der Waals surface area contributed by atoms with Gasteiger partial charge in [-0.1, -0.05) is 37.3 Å². The Balaban J connectivity index is 2.03. The number of hydrogen-bond acceptors (Lipinski definition) is 2. The lowest BCUT2D eigenvalue weighted by Gasteiger charge is -2.31. The molecule has 0 bridgehead atoms. The Morgan fingerprint density at radius 3 is 2.64 bits per heavy atom. The summed E-state index contributed by atoms with van der Waals surface area (Å²) in [5, 5.41) is 5.89. The third kappa shape index (κ3) is 4.47. The SMILES string of the molecule is CC1CCNCC1NC(=O)CC(c1ccccc1)C(F)(F)F. The van der Waals surface area contributed by atoms with E-state index in [-0.39, 0.29) is 17.5 Å². The van der Waals surface area contributed by atoms with Gasteiger partial charge in [0.25, 0.3) is 0 Å². The summed E-state index contributed by atoms with van der Waals surface area (Å²) in [7, 11) is 0. The lowest BCUT2D eigenvalue weighted by molar-refractivity contribution is -0.157. The minimum Gasteiger partial charge on any atom is -0.352 e. The molecule has 1 amide bonds. The second-order valence-electron chi connectivity index (χ2n) is 5.85. The van der Waals surface area contributed by atoms with E-state index in [2.05, 4.69) is 10.6 Å². The Bertz CT molecular complexity index is 490. The molecule has 6 heteroatoms. The highest BCUT2D eigenvalue weighted by Crippen LogP contribution is 2.37. The van der Waals surface area contributed by atoms with Gasteiger partial charge in [-0.25, -0.2) is 0 Å². The van der Waals surface area contributed by atoms with Gasteiger partial charge in [0.1, 0.15) is 0 Å². The van der Waals surface area contributed by atoms with E-state index >= 15 is 0 Å². The first-order chi connectivity index (χ1) is 10.4. The fourth-order valence-corrected chi connectivity index (χ4v) is 2.74. The summed E-state index contributed by atoms with van der Waals surface area (Å²) in [5.74, 6) is -2.04. The van der Waals surface area contributed by atoms with Crippen molar-refractivity contribution in [2.24, 2.45) is 5.92 Å². The molecule has 1 aliphatic rings. The molecule has 0 radical (unpaired) electrons. The van der Waals surface area contributed by atoms with Gasteiger partial charge in [0, 0.05) is 19.0 Å². The zero-order valence-electron chi connectivity index (χ0n) is 12.5. The second kappa shape index (κ2) is 7.13. The summed E-state index contributed by atoms with van der Waals surface area (Å²) in [4.78, 5) is 12.0. The minimum atomic E-state index is -4.44. The van der Waals surface area contributed by atoms with Crippen molar-refractivity contribution in [2.75, 3.05) is 13.1 Å². The summed E-state index contributed by atoms with van der Waals surface area (Å²) < 4.78 is 39.7. The maximum atomic E-state index is 13.2. The number of nitrogens with one attached hydrogen (secondary N) is 2. The van der Waals surface area contributed by atoms with Crippen LogP contribution < -0.4 is 10.6 Å². The number of carbonyl (C=O) groups excluding carboxylic acids is 1. The highest BCUT2D eigenvalue weighted by atomic mass is 19.4. The monoisotopic (exact) mass is 314 g/mol. The van der Waals surface area contributed by atoms with Crippen LogP contribution in [0, 0.1) is 5.92 Å². The van der Waals surface area contributed by atoms with Gasteiger partial charge in [-0.15, -0.1) is 0 Å². The van der Waals surface area contributed by atoms with Crippen molar-refractivity contribution in [2.45, 2.75) is 37.9 Å². The first-order valence-corrected chi connectivity index (χ1v) is 7.49. The molecule has 1 fully saturated rings. The third-order valence-corrected chi connectivity index (χ3v) is 4.16. The number of alkyl halides is 3. The van der Waals surface area contributed by atoms with E-state index < -0.39 is 24.4 Å². The van der Waals surface area contributed by atoms with Gasteiger partial charge < -0.3 is 10.6 Å². The average Bonchev–Trinajstić information content (AvgIpc) is 2.47. The maximum absolute atomic E-state index is 13.2. The van der Waals surface area contributed by atoms with Crippen LogP contribution in [0.5, 0.6) is 0 Å². The third-order valence-electron chi connectivity index (χ3n) is 4.16. The van der Waals surface area contributed by atoms with E-state index in [0.29, 0.717) is 6.54 Å². The van der Waals surface area contributed by atoms with Crippen LogP contribution in [-0.4, -0.2) is 31.2 Å². The van der Waals surface area contributed by atoms with Crippen molar-refractivity contribution in [1.82, 2.24) is 10.6 Å². The van der Waals surface area contributed by atoms with Gasteiger partial charge in [-0.2, -0.15) is 13.2 Å². The molecule has 122 valence electrons. The molecule has 1 aromatic carbocycles. The molecule has 22 heavy (non-hydrogen) atoms. The van der Waals surface area contributed by atoms with Crippen LogP contribution in [0.25, 0.3) is 0 Å². The summed E-state index contributed by atoms with van der Waals surface area (Å²) in [6.07, 6.45) is -4.10. The van der Waals surface area contributed by atoms with Crippen LogP contribution in [0.2, 0.25) is 0 Å². The standard InChI is InChI=1S/C16H21F3N2O/c1-11-7-8-20-10-14(11)21-15(22)9-13(16(17,18)19)12-5-3-2-4-6-12/h2-6,11,13-14,20H,7-10H2,1H3,(H,21,22). The average molecular weight is 314 g/mol. The zero-order chi connectivity index (χ0) is 16.2. The van der Waals surface area contributed by atoms with E-state index in [1.165, 1.54) is 12.1 Å². The molecule has 2 N–H and O–H groups in total. The molecule has 1 heterocycles. The predicted molar refractivity (Wildman–Crippen MR) is 78.4 cm³/mol. The molecule has 0 saturated carbocycles. The Kier molecular flexibility index (Phi) is 5.45. The van der Waals surface area contributed by atoms with Crippen molar-refractivity contribution in [1.29, 1.82) is 0 Å². The van der Waals surface area contributed by atoms with Gasteiger partial charge in [0.05, 0.1) is 5.92 Å². The highest BCUT2D eigenvalue weighted by molar-refractivity contribution is 5.77. The van der Waals surface area contributed by atoms with Gasteiger partial charge >= 0.3 is 6.18 Å². The molecule has 1 aliphatic heterocycles. The van der Waals surface area contributed by atoms with Crippen molar-refractivity contribution >= 4 is 5.91 Å². The fraction of sp³-hybridized carbons (Fsp3) is 0.562. The lowest BCUT2D eigenvalue weighted by Crippen LogP contribution is -2.50. The van der Waals surface area contributed by atoms with Crippen molar-refractivity contribution in [3.8, 4) is 0 Å². The van der Waals surface area contributed by atoms with Crippen LogP contribution in [0.3, 0.4) is 0 Å². The van der Waals surface area contributed by atoms with Gasteiger partial charge in [0.2, 0.25) is 5.91 Å². The Labute approximate surface area is 128 Å². The molecule has 1 saturated heterocycles. The molecule has 3 nitrogen and oxygen atoms in total. The molecule has 2 rings (SSSR count). The molecule has 0 spiro atoms. The van der Waals surface area contributed by atoms with Gasteiger partial charge in [0.15, 0.2) is 0 Å². The van der Waals surface area contributed by atoms with Crippen molar-refractivity contribution in [3.63, 3.8) is 0 Å². The Morgan fingerprint density at radius 2 is 2.05 bits per heavy atom. The van der Waals surface area contributed by atoms with Crippen molar-refractivity contribution in [3.05, 3.63) is 35.9 Å².